The average Bonchev–Trinajstić information content (AvgIpc) is 2.17. The number of amides is 1. The summed E-state index contributed by atoms with van der Waals surface area (Å²) in [4.78, 5) is 10.9. The van der Waals surface area contributed by atoms with Crippen LogP contribution in [0.2, 0.25) is 0 Å². The summed E-state index contributed by atoms with van der Waals surface area (Å²) >= 11 is 0. The Labute approximate surface area is 96.0 Å². The van der Waals surface area contributed by atoms with Crippen molar-refractivity contribution in [2.75, 3.05) is 24.4 Å². The lowest BCUT2D eigenvalue weighted by Crippen LogP contribution is -2.20. The highest BCUT2D eigenvalue weighted by molar-refractivity contribution is 5.89. The molecule has 0 aliphatic rings. The van der Waals surface area contributed by atoms with Gasteiger partial charge in [-0.1, -0.05) is 6.07 Å². The molecule has 0 fully saturated rings. The summed E-state index contributed by atoms with van der Waals surface area (Å²) < 4.78 is 5.04. The fourth-order valence-corrected chi connectivity index (χ4v) is 1.47. The second-order valence-electron chi connectivity index (χ2n) is 3.76. The molecule has 0 aliphatic heterocycles. The molecule has 4 heteroatoms. The Morgan fingerprint density at radius 3 is 2.75 bits per heavy atom. The molecule has 0 bridgehead atoms. The second kappa shape index (κ2) is 6.12. The summed E-state index contributed by atoms with van der Waals surface area (Å²) in [6, 6.07) is 7.84. The van der Waals surface area contributed by atoms with Gasteiger partial charge in [0.2, 0.25) is 5.91 Å². The number of anilines is 2. The van der Waals surface area contributed by atoms with Crippen LogP contribution < -0.4 is 10.6 Å². The Morgan fingerprint density at radius 1 is 1.44 bits per heavy atom. The molecule has 0 aliphatic carbocycles. The standard InChI is InChI=1S/C12H18N2O2/c1-9(8-16-3)13-11-5-4-6-12(7-11)14-10(2)15/h4-7,9,13H,8H2,1-3H3,(H,14,15). The molecule has 0 radical (unpaired) electrons. The van der Waals surface area contributed by atoms with E-state index in [0.717, 1.165) is 11.4 Å². The third-order valence-electron chi connectivity index (χ3n) is 2.01. The number of rotatable bonds is 5. The van der Waals surface area contributed by atoms with E-state index < -0.39 is 0 Å². The molecule has 0 aromatic heterocycles. The second-order valence-corrected chi connectivity index (χ2v) is 3.76. The summed E-state index contributed by atoms with van der Waals surface area (Å²) in [7, 11) is 1.67. The molecule has 1 aromatic rings. The summed E-state index contributed by atoms with van der Waals surface area (Å²) in [6.07, 6.45) is 0. The highest BCUT2D eigenvalue weighted by Crippen LogP contribution is 2.15. The molecule has 0 spiro atoms. The summed E-state index contributed by atoms with van der Waals surface area (Å²) in [5.74, 6) is -0.0675. The predicted octanol–water partition coefficient (Wildman–Crippen LogP) is 2.09. The summed E-state index contributed by atoms with van der Waals surface area (Å²) in [5, 5.41) is 6.02. The number of carbonyl (C=O) groups excluding carboxylic acids is 1. The molecule has 0 saturated carbocycles. The Bertz CT molecular complexity index is 353. The first-order valence-electron chi connectivity index (χ1n) is 5.25. The van der Waals surface area contributed by atoms with Crippen LogP contribution in [0, 0.1) is 0 Å². The van der Waals surface area contributed by atoms with Crippen LogP contribution in [-0.4, -0.2) is 25.7 Å². The van der Waals surface area contributed by atoms with Gasteiger partial charge in [0.25, 0.3) is 0 Å². The lowest BCUT2D eigenvalue weighted by Gasteiger charge is -2.14. The molecule has 4 nitrogen and oxygen atoms in total. The Morgan fingerprint density at radius 2 is 2.12 bits per heavy atom. The highest BCUT2D eigenvalue weighted by Gasteiger charge is 2.02. The lowest BCUT2D eigenvalue weighted by atomic mass is 10.2. The monoisotopic (exact) mass is 222 g/mol. The van der Waals surface area contributed by atoms with Crippen molar-refractivity contribution < 1.29 is 9.53 Å². The molecule has 1 rings (SSSR count). The smallest absolute Gasteiger partial charge is 0.221 e. The van der Waals surface area contributed by atoms with Crippen LogP contribution in [0.4, 0.5) is 11.4 Å². The predicted molar refractivity (Wildman–Crippen MR) is 65.7 cm³/mol. The number of hydrogen-bond acceptors (Lipinski definition) is 3. The van der Waals surface area contributed by atoms with Gasteiger partial charge in [-0.2, -0.15) is 0 Å². The van der Waals surface area contributed by atoms with E-state index >= 15 is 0 Å². The van der Waals surface area contributed by atoms with E-state index in [-0.39, 0.29) is 11.9 Å². The first-order chi connectivity index (χ1) is 7.61. The van der Waals surface area contributed by atoms with Gasteiger partial charge >= 0.3 is 0 Å². The van der Waals surface area contributed by atoms with Crippen molar-refractivity contribution in [2.24, 2.45) is 0 Å². The highest BCUT2D eigenvalue weighted by atomic mass is 16.5. The normalized spacial score (nSPS) is 11.9. The van der Waals surface area contributed by atoms with Crippen molar-refractivity contribution >= 4 is 17.3 Å². The topological polar surface area (TPSA) is 50.4 Å². The maximum atomic E-state index is 10.9. The lowest BCUT2D eigenvalue weighted by molar-refractivity contribution is -0.114. The van der Waals surface area contributed by atoms with E-state index in [1.807, 2.05) is 31.2 Å². The van der Waals surface area contributed by atoms with Crippen molar-refractivity contribution in [3.63, 3.8) is 0 Å². The van der Waals surface area contributed by atoms with Crippen molar-refractivity contribution in [2.45, 2.75) is 19.9 Å². The van der Waals surface area contributed by atoms with Crippen LogP contribution in [0.5, 0.6) is 0 Å². The van der Waals surface area contributed by atoms with Crippen molar-refractivity contribution in [1.82, 2.24) is 0 Å². The van der Waals surface area contributed by atoms with E-state index in [9.17, 15) is 4.79 Å². The maximum absolute atomic E-state index is 10.9. The third-order valence-corrected chi connectivity index (χ3v) is 2.01. The maximum Gasteiger partial charge on any atom is 0.221 e. The van der Waals surface area contributed by atoms with Crippen LogP contribution in [0.3, 0.4) is 0 Å². The van der Waals surface area contributed by atoms with Gasteiger partial charge in [-0.15, -0.1) is 0 Å². The zero-order valence-corrected chi connectivity index (χ0v) is 9.91. The van der Waals surface area contributed by atoms with E-state index in [1.165, 1.54) is 6.92 Å². The fourth-order valence-electron chi connectivity index (χ4n) is 1.47. The Kier molecular flexibility index (Phi) is 4.79. The number of benzene rings is 1. The zero-order valence-electron chi connectivity index (χ0n) is 9.91. The quantitative estimate of drug-likeness (QED) is 0.802. The van der Waals surface area contributed by atoms with Crippen LogP contribution >= 0.6 is 0 Å². The first kappa shape index (κ1) is 12.5. The zero-order chi connectivity index (χ0) is 12.0. The van der Waals surface area contributed by atoms with E-state index in [4.69, 9.17) is 4.74 Å². The van der Waals surface area contributed by atoms with Gasteiger partial charge in [-0.05, 0) is 25.1 Å². The number of methoxy groups -OCH3 is 1. The summed E-state index contributed by atoms with van der Waals surface area (Å²) in [6.45, 7) is 4.17. The van der Waals surface area contributed by atoms with E-state index in [0.29, 0.717) is 6.61 Å². The van der Waals surface area contributed by atoms with Gasteiger partial charge in [0.05, 0.1) is 6.61 Å². The number of ether oxygens (including phenoxy) is 1. The number of nitrogens with one attached hydrogen (secondary N) is 2. The molecule has 88 valence electrons. The number of carbonyl (C=O) groups is 1. The molecule has 0 saturated heterocycles. The van der Waals surface area contributed by atoms with Crippen LogP contribution in [-0.2, 0) is 9.53 Å². The molecule has 0 heterocycles. The van der Waals surface area contributed by atoms with Gasteiger partial charge in [0, 0.05) is 31.5 Å². The first-order valence-corrected chi connectivity index (χ1v) is 5.25. The molecule has 1 amide bonds. The molecular formula is C12H18N2O2. The molecule has 16 heavy (non-hydrogen) atoms. The molecule has 1 atom stereocenters. The van der Waals surface area contributed by atoms with Crippen LogP contribution in [0.25, 0.3) is 0 Å². The van der Waals surface area contributed by atoms with Gasteiger partial charge < -0.3 is 15.4 Å². The van der Waals surface area contributed by atoms with E-state index in [1.54, 1.807) is 7.11 Å². The van der Waals surface area contributed by atoms with Gasteiger partial charge in [-0.25, -0.2) is 0 Å². The van der Waals surface area contributed by atoms with E-state index in [2.05, 4.69) is 10.6 Å². The largest absolute Gasteiger partial charge is 0.383 e. The van der Waals surface area contributed by atoms with Crippen molar-refractivity contribution in [3.05, 3.63) is 24.3 Å². The van der Waals surface area contributed by atoms with Crippen molar-refractivity contribution in [1.29, 1.82) is 0 Å². The minimum atomic E-state index is -0.0675. The molecule has 2 N–H and O–H groups in total. The molecular weight excluding hydrogens is 204 g/mol. The Hall–Kier alpha value is -1.55. The van der Waals surface area contributed by atoms with Gasteiger partial charge in [-0.3, -0.25) is 4.79 Å². The fraction of sp³-hybridized carbons (Fsp3) is 0.417. The minimum absolute atomic E-state index is 0.0675. The van der Waals surface area contributed by atoms with Gasteiger partial charge in [0.1, 0.15) is 0 Å². The number of hydrogen-bond donors (Lipinski definition) is 2. The molecule has 1 unspecified atom stereocenters. The van der Waals surface area contributed by atoms with Gasteiger partial charge in [0.15, 0.2) is 0 Å². The van der Waals surface area contributed by atoms with Crippen LogP contribution in [0.1, 0.15) is 13.8 Å². The summed E-state index contributed by atoms with van der Waals surface area (Å²) in [5.41, 5.74) is 1.76. The van der Waals surface area contributed by atoms with Crippen LogP contribution in [0.15, 0.2) is 24.3 Å². The van der Waals surface area contributed by atoms with Crippen molar-refractivity contribution in [3.8, 4) is 0 Å². The minimum Gasteiger partial charge on any atom is -0.383 e. The SMILES string of the molecule is COCC(C)Nc1cccc(NC(C)=O)c1. The average molecular weight is 222 g/mol. The molecule has 1 aromatic carbocycles. The Balaban J connectivity index is 2.63. The third kappa shape index (κ3) is 4.31.